The van der Waals surface area contributed by atoms with E-state index in [2.05, 4.69) is 26.1 Å². The lowest BCUT2D eigenvalue weighted by molar-refractivity contribution is 0.143. The lowest BCUT2D eigenvalue weighted by Gasteiger charge is -2.33. The van der Waals surface area contributed by atoms with Crippen molar-refractivity contribution in [3.05, 3.63) is 90.2 Å². The van der Waals surface area contributed by atoms with Crippen LogP contribution in [0.4, 0.5) is 10.2 Å². The van der Waals surface area contributed by atoms with Crippen molar-refractivity contribution in [1.29, 1.82) is 0 Å². The molecule has 1 saturated carbocycles. The highest BCUT2D eigenvalue weighted by Gasteiger charge is 2.33. The van der Waals surface area contributed by atoms with Gasteiger partial charge in [-0.2, -0.15) is 0 Å². The standard InChI is InChI=1S/C29H27FN6O3/c1-17-32-11-19(12-33-17)15-38-24-8-21(30)9-25(10-24)39-23-4-2-22(3-5-23)36-13-26(20-6-18(7-20)14-37)27-28(36)29(31)35-16-34-27/h2-5,8-13,16,18,20,37H,6-7,14-15H2,1H3,(H2,31,34,35). The fourth-order valence-electron chi connectivity index (χ4n) is 4.90. The van der Waals surface area contributed by atoms with Crippen molar-refractivity contribution in [2.75, 3.05) is 12.3 Å². The average Bonchev–Trinajstić information content (AvgIpc) is 3.28. The molecule has 198 valence electrons. The maximum absolute atomic E-state index is 14.3. The summed E-state index contributed by atoms with van der Waals surface area (Å²) in [7, 11) is 0. The number of benzene rings is 2. The van der Waals surface area contributed by atoms with Crippen LogP contribution in [0.2, 0.25) is 0 Å². The Labute approximate surface area is 224 Å². The average molecular weight is 527 g/mol. The van der Waals surface area contributed by atoms with E-state index < -0.39 is 5.82 Å². The molecule has 1 aliphatic carbocycles. The Hall–Kier alpha value is -4.57. The fourth-order valence-corrected chi connectivity index (χ4v) is 4.90. The molecule has 0 atom stereocenters. The van der Waals surface area contributed by atoms with Gasteiger partial charge in [0.05, 0.1) is 5.52 Å². The molecular formula is C29H27FN6O3. The van der Waals surface area contributed by atoms with Crippen molar-refractivity contribution in [3.63, 3.8) is 0 Å². The van der Waals surface area contributed by atoms with Gasteiger partial charge in [0.1, 0.15) is 47.3 Å². The number of hydrogen-bond acceptors (Lipinski definition) is 8. The van der Waals surface area contributed by atoms with E-state index in [4.69, 9.17) is 15.2 Å². The molecule has 3 aromatic heterocycles. The molecule has 0 unspecified atom stereocenters. The molecule has 1 aliphatic rings. The van der Waals surface area contributed by atoms with Gasteiger partial charge in [-0.25, -0.2) is 24.3 Å². The van der Waals surface area contributed by atoms with Crippen LogP contribution >= 0.6 is 0 Å². The number of fused-ring (bicyclic) bond motifs is 1. The quantitative estimate of drug-likeness (QED) is 0.287. The molecule has 2 aromatic carbocycles. The molecular weight excluding hydrogens is 499 g/mol. The number of hydrogen-bond donors (Lipinski definition) is 2. The Bertz CT molecular complexity index is 1620. The molecule has 0 radical (unpaired) electrons. The number of rotatable bonds is 8. The summed E-state index contributed by atoms with van der Waals surface area (Å²) in [5.74, 6) is 2.43. The van der Waals surface area contributed by atoms with Crippen LogP contribution in [0.5, 0.6) is 17.2 Å². The molecule has 0 amide bonds. The first-order chi connectivity index (χ1) is 19.0. The number of aryl methyl sites for hydroxylation is 1. The second-order valence-corrected chi connectivity index (χ2v) is 9.77. The van der Waals surface area contributed by atoms with Gasteiger partial charge in [0.2, 0.25) is 0 Å². The van der Waals surface area contributed by atoms with Crippen LogP contribution in [0.1, 0.15) is 35.7 Å². The summed E-state index contributed by atoms with van der Waals surface area (Å²) in [4.78, 5) is 17.0. The number of aromatic nitrogens is 5. The van der Waals surface area contributed by atoms with Crippen molar-refractivity contribution < 1.29 is 19.0 Å². The third-order valence-corrected chi connectivity index (χ3v) is 7.00. The number of anilines is 1. The molecule has 3 N–H and O–H groups in total. The Balaban J connectivity index is 1.21. The first-order valence-corrected chi connectivity index (χ1v) is 12.7. The van der Waals surface area contributed by atoms with Gasteiger partial charge in [0.25, 0.3) is 0 Å². The Kier molecular flexibility index (Phi) is 6.54. The maximum atomic E-state index is 14.3. The summed E-state index contributed by atoms with van der Waals surface area (Å²) >= 11 is 0. The van der Waals surface area contributed by atoms with Crippen LogP contribution in [0.3, 0.4) is 0 Å². The predicted octanol–water partition coefficient (Wildman–Crippen LogP) is 5.10. The molecule has 0 saturated heterocycles. The summed E-state index contributed by atoms with van der Waals surface area (Å²) < 4.78 is 28.0. The summed E-state index contributed by atoms with van der Waals surface area (Å²) in [5.41, 5.74) is 10.6. The highest BCUT2D eigenvalue weighted by molar-refractivity contribution is 5.90. The van der Waals surface area contributed by atoms with E-state index >= 15 is 0 Å². The van der Waals surface area contributed by atoms with Crippen molar-refractivity contribution in [2.45, 2.75) is 32.3 Å². The predicted molar refractivity (Wildman–Crippen MR) is 143 cm³/mol. The van der Waals surface area contributed by atoms with Gasteiger partial charge in [0.15, 0.2) is 5.82 Å². The highest BCUT2D eigenvalue weighted by Crippen LogP contribution is 2.44. The van der Waals surface area contributed by atoms with E-state index in [1.165, 1.54) is 18.5 Å². The zero-order valence-corrected chi connectivity index (χ0v) is 21.3. The van der Waals surface area contributed by atoms with Crippen LogP contribution in [-0.4, -0.2) is 36.2 Å². The molecule has 3 heterocycles. The van der Waals surface area contributed by atoms with Gasteiger partial charge in [0, 0.05) is 54.6 Å². The topological polar surface area (TPSA) is 121 Å². The number of nitrogens with two attached hydrogens (primary N) is 1. The monoisotopic (exact) mass is 526 g/mol. The minimum Gasteiger partial charge on any atom is -0.489 e. The molecule has 9 nitrogen and oxygen atoms in total. The Morgan fingerprint density at radius 1 is 1.00 bits per heavy atom. The molecule has 6 rings (SSSR count). The number of aliphatic hydroxyl groups excluding tert-OH is 1. The third-order valence-electron chi connectivity index (χ3n) is 7.00. The molecule has 0 spiro atoms. The largest absolute Gasteiger partial charge is 0.489 e. The number of nitrogen functional groups attached to an aromatic ring is 1. The molecule has 5 aromatic rings. The smallest absolute Gasteiger partial charge is 0.151 e. The summed E-state index contributed by atoms with van der Waals surface area (Å²) in [6, 6.07) is 11.7. The number of aliphatic hydroxyl groups is 1. The normalized spacial score (nSPS) is 16.7. The number of halogens is 1. The molecule has 10 heteroatoms. The SMILES string of the molecule is Cc1ncc(COc2cc(F)cc(Oc3ccc(-n4cc(C5CC(CO)C5)c5ncnc(N)c54)cc3)c2)cn1. The minimum absolute atomic E-state index is 0.203. The van der Waals surface area contributed by atoms with Crippen LogP contribution in [-0.2, 0) is 6.61 Å². The van der Waals surface area contributed by atoms with Gasteiger partial charge in [-0.05, 0) is 61.4 Å². The van der Waals surface area contributed by atoms with Crippen molar-refractivity contribution in [3.8, 4) is 22.9 Å². The molecule has 1 fully saturated rings. The Morgan fingerprint density at radius 2 is 1.74 bits per heavy atom. The van der Waals surface area contributed by atoms with E-state index in [0.717, 1.165) is 40.7 Å². The van der Waals surface area contributed by atoms with Crippen LogP contribution in [0.25, 0.3) is 16.7 Å². The summed E-state index contributed by atoms with van der Waals surface area (Å²) in [6.45, 7) is 2.21. The first kappa shape index (κ1) is 24.7. The van der Waals surface area contributed by atoms with E-state index in [1.54, 1.807) is 37.5 Å². The zero-order chi connectivity index (χ0) is 26.9. The number of nitrogens with zero attached hydrogens (tertiary/aromatic N) is 5. The lowest BCUT2D eigenvalue weighted by Crippen LogP contribution is -2.24. The molecule has 0 bridgehead atoms. The summed E-state index contributed by atoms with van der Waals surface area (Å²) in [6.07, 6.45) is 8.73. The Morgan fingerprint density at radius 3 is 2.49 bits per heavy atom. The fraction of sp³-hybridized carbons (Fsp3) is 0.241. The zero-order valence-electron chi connectivity index (χ0n) is 21.3. The van der Waals surface area contributed by atoms with E-state index in [-0.39, 0.29) is 13.2 Å². The van der Waals surface area contributed by atoms with Crippen molar-refractivity contribution in [1.82, 2.24) is 24.5 Å². The summed E-state index contributed by atoms with van der Waals surface area (Å²) in [5, 5.41) is 9.44. The second kappa shape index (κ2) is 10.3. The van der Waals surface area contributed by atoms with E-state index in [9.17, 15) is 9.50 Å². The van der Waals surface area contributed by atoms with Crippen molar-refractivity contribution in [2.24, 2.45) is 5.92 Å². The van der Waals surface area contributed by atoms with Gasteiger partial charge in [-0.3, -0.25) is 0 Å². The number of ether oxygens (including phenoxy) is 2. The first-order valence-electron chi connectivity index (χ1n) is 12.7. The highest BCUT2D eigenvalue weighted by atomic mass is 19.1. The van der Waals surface area contributed by atoms with Crippen LogP contribution in [0, 0.1) is 18.7 Å². The lowest BCUT2D eigenvalue weighted by atomic mass is 9.72. The maximum Gasteiger partial charge on any atom is 0.151 e. The van der Waals surface area contributed by atoms with E-state index in [0.29, 0.717) is 40.7 Å². The van der Waals surface area contributed by atoms with Gasteiger partial charge in [-0.1, -0.05) is 0 Å². The third kappa shape index (κ3) is 5.10. The van der Waals surface area contributed by atoms with Gasteiger partial charge < -0.3 is 24.9 Å². The van der Waals surface area contributed by atoms with Crippen LogP contribution in [0.15, 0.2) is 67.4 Å². The van der Waals surface area contributed by atoms with Gasteiger partial charge >= 0.3 is 0 Å². The van der Waals surface area contributed by atoms with Gasteiger partial charge in [-0.15, -0.1) is 0 Å². The second-order valence-electron chi connectivity index (χ2n) is 9.77. The minimum atomic E-state index is -0.472. The van der Waals surface area contributed by atoms with Crippen LogP contribution < -0.4 is 15.2 Å². The molecule has 0 aliphatic heterocycles. The van der Waals surface area contributed by atoms with E-state index in [1.807, 2.05) is 16.7 Å². The van der Waals surface area contributed by atoms with Crippen molar-refractivity contribution >= 4 is 16.9 Å². The molecule has 39 heavy (non-hydrogen) atoms.